The first-order valence-electron chi connectivity index (χ1n) is 7.62. The van der Waals surface area contributed by atoms with Gasteiger partial charge in [-0.2, -0.15) is 0 Å². The molecule has 0 aromatic heterocycles. The zero-order valence-corrected chi connectivity index (χ0v) is 12.9. The number of nitrogens with zero attached hydrogens (tertiary/aromatic N) is 1. The monoisotopic (exact) mass is 275 g/mol. The molecule has 1 heteroatoms. The van der Waals surface area contributed by atoms with Gasteiger partial charge >= 0.3 is 0 Å². The second-order valence-electron chi connectivity index (χ2n) is 5.89. The molecule has 0 amide bonds. The third kappa shape index (κ3) is 2.21. The lowest BCUT2D eigenvalue weighted by Gasteiger charge is -2.29. The summed E-state index contributed by atoms with van der Waals surface area (Å²) in [5, 5.41) is 0. The number of aryl methyl sites for hydroxylation is 1. The van der Waals surface area contributed by atoms with E-state index in [0.717, 1.165) is 12.0 Å². The predicted molar refractivity (Wildman–Crippen MR) is 90.2 cm³/mol. The van der Waals surface area contributed by atoms with Crippen LogP contribution in [0.1, 0.15) is 42.9 Å². The summed E-state index contributed by atoms with van der Waals surface area (Å²) >= 11 is 0. The summed E-state index contributed by atoms with van der Waals surface area (Å²) in [4.78, 5) is 2.46. The topological polar surface area (TPSA) is 3.24 Å². The van der Waals surface area contributed by atoms with E-state index in [2.05, 4.69) is 61.9 Å². The minimum absolute atomic E-state index is 0.495. The van der Waals surface area contributed by atoms with E-state index in [1.54, 1.807) is 0 Å². The van der Waals surface area contributed by atoms with E-state index in [9.17, 15) is 0 Å². The molecule has 21 heavy (non-hydrogen) atoms. The highest BCUT2D eigenvalue weighted by atomic mass is 15.2. The Morgan fingerprint density at radius 3 is 2.71 bits per heavy atom. The van der Waals surface area contributed by atoms with E-state index in [4.69, 9.17) is 6.42 Å². The van der Waals surface area contributed by atoms with Gasteiger partial charge < -0.3 is 4.90 Å². The molecule has 0 spiro atoms. The van der Waals surface area contributed by atoms with Gasteiger partial charge in [-0.1, -0.05) is 43.5 Å². The Kier molecular flexibility index (Phi) is 3.47. The van der Waals surface area contributed by atoms with Crippen molar-refractivity contribution >= 4 is 11.4 Å². The summed E-state index contributed by atoms with van der Waals surface area (Å²) in [6.07, 6.45) is 6.68. The van der Waals surface area contributed by atoms with Gasteiger partial charge in [-0.15, -0.1) is 6.42 Å². The minimum Gasteiger partial charge on any atom is -0.337 e. The molecule has 106 valence electrons. The van der Waals surface area contributed by atoms with E-state index >= 15 is 0 Å². The third-order valence-electron chi connectivity index (χ3n) is 4.55. The fraction of sp³-hybridized carbons (Fsp3) is 0.300. The maximum Gasteiger partial charge on any atom is 0.0449 e. The van der Waals surface area contributed by atoms with E-state index in [0.29, 0.717) is 12.0 Å². The maximum atomic E-state index is 5.56. The van der Waals surface area contributed by atoms with Crippen molar-refractivity contribution in [1.82, 2.24) is 0 Å². The van der Waals surface area contributed by atoms with Gasteiger partial charge in [0.15, 0.2) is 0 Å². The van der Waals surface area contributed by atoms with E-state index in [1.807, 2.05) is 12.1 Å². The van der Waals surface area contributed by atoms with Crippen molar-refractivity contribution in [2.24, 2.45) is 0 Å². The molecule has 2 aromatic carbocycles. The number of terminal acetylenes is 1. The Morgan fingerprint density at radius 2 is 2.00 bits per heavy atom. The molecule has 2 unspecified atom stereocenters. The summed E-state index contributed by atoms with van der Waals surface area (Å²) < 4.78 is 0. The van der Waals surface area contributed by atoms with Crippen LogP contribution in [0.4, 0.5) is 11.4 Å². The van der Waals surface area contributed by atoms with Gasteiger partial charge in [0, 0.05) is 28.9 Å². The van der Waals surface area contributed by atoms with E-state index in [1.165, 1.54) is 22.5 Å². The number of benzene rings is 2. The lowest BCUT2D eigenvalue weighted by molar-refractivity contribution is 0.575. The highest BCUT2D eigenvalue weighted by molar-refractivity contribution is 5.73. The Hall–Kier alpha value is -2.20. The summed E-state index contributed by atoms with van der Waals surface area (Å²) in [6, 6.07) is 15.6. The molecule has 0 bridgehead atoms. The van der Waals surface area contributed by atoms with Gasteiger partial charge in [0.2, 0.25) is 0 Å². The molecule has 0 radical (unpaired) electrons. The van der Waals surface area contributed by atoms with Crippen LogP contribution in [0.3, 0.4) is 0 Å². The first kappa shape index (κ1) is 13.8. The van der Waals surface area contributed by atoms with Crippen LogP contribution in [0.2, 0.25) is 0 Å². The third-order valence-corrected chi connectivity index (χ3v) is 4.55. The standard InChI is InChI=1S/C20H21N/c1-5-16-8-7-9-17(13-16)21-19(6-2)15(4)18-12-14(3)10-11-20(18)21/h1,7-13,15,19H,6H2,2-4H3. The van der Waals surface area contributed by atoms with Crippen molar-refractivity contribution in [3.05, 3.63) is 59.2 Å². The fourth-order valence-corrected chi connectivity index (χ4v) is 3.48. The smallest absolute Gasteiger partial charge is 0.0449 e. The molecule has 3 rings (SSSR count). The number of fused-ring (bicyclic) bond motifs is 1. The Morgan fingerprint density at radius 1 is 1.19 bits per heavy atom. The quantitative estimate of drug-likeness (QED) is 0.696. The molecule has 0 saturated heterocycles. The lowest BCUT2D eigenvalue weighted by Crippen LogP contribution is -2.28. The van der Waals surface area contributed by atoms with Gasteiger partial charge in [-0.05, 0) is 43.2 Å². The summed E-state index contributed by atoms with van der Waals surface area (Å²) in [5.41, 5.74) is 6.25. The van der Waals surface area contributed by atoms with Gasteiger partial charge in [0.1, 0.15) is 0 Å². The Labute approximate surface area is 127 Å². The molecular weight excluding hydrogens is 254 g/mol. The number of hydrogen-bond donors (Lipinski definition) is 0. The predicted octanol–water partition coefficient (Wildman–Crippen LogP) is 5.01. The van der Waals surface area contributed by atoms with Crippen LogP contribution in [0.15, 0.2) is 42.5 Å². The average Bonchev–Trinajstić information content (AvgIpc) is 2.79. The highest BCUT2D eigenvalue weighted by Crippen LogP contribution is 2.46. The summed E-state index contributed by atoms with van der Waals surface area (Å²) in [5.74, 6) is 3.28. The molecule has 0 saturated carbocycles. The molecular formula is C20H21N. The summed E-state index contributed by atoms with van der Waals surface area (Å²) in [6.45, 7) is 6.75. The van der Waals surface area contributed by atoms with Crippen molar-refractivity contribution < 1.29 is 0 Å². The van der Waals surface area contributed by atoms with Gasteiger partial charge in [-0.25, -0.2) is 0 Å². The van der Waals surface area contributed by atoms with Crippen molar-refractivity contribution in [2.45, 2.75) is 39.2 Å². The van der Waals surface area contributed by atoms with Gasteiger partial charge in [-0.3, -0.25) is 0 Å². The van der Waals surface area contributed by atoms with Gasteiger partial charge in [0.05, 0.1) is 0 Å². The SMILES string of the molecule is C#Cc1cccc(N2c3ccc(C)cc3C(C)C2CC)c1. The zero-order chi connectivity index (χ0) is 15.0. The Bertz CT molecular complexity index is 708. The normalized spacial score (nSPS) is 20.2. The molecule has 1 aliphatic heterocycles. The van der Waals surface area contributed by atoms with E-state index in [-0.39, 0.29) is 0 Å². The lowest BCUT2D eigenvalue weighted by atomic mass is 9.94. The number of anilines is 2. The largest absolute Gasteiger partial charge is 0.337 e. The van der Waals surface area contributed by atoms with Crippen molar-refractivity contribution in [3.63, 3.8) is 0 Å². The van der Waals surface area contributed by atoms with Crippen LogP contribution in [0.25, 0.3) is 0 Å². The van der Waals surface area contributed by atoms with Gasteiger partial charge in [0.25, 0.3) is 0 Å². The molecule has 0 fully saturated rings. The van der Waals surface area contributed by atoms with Crippen molar-refractivity contribution in [1.29, 1.82) is 0 Å². The minimum atomic E-state index is 0.495. The molecule has 1 aliphatic rings. The zero-order valence-electron chi connectivity index (χ0n) is 12.9. The molecule has 2 aromatic rings. The first-order valence-corrected chi connectivity index (χ1v) is 7.62. The second kappa shape index (κ2) is 5.30. The van der Waals surface area contributed by atoms with Crippen LogP contribution < -0.4 is 4.90 Å². The van der Waals surface area contributed by atoms with Crippen LogP contribution in [-0.2, 0) is 0 Å². The highest BCUT2D eigenvalue weighted by Gasteiger charge is 2.35. The van der Waals surface area contributed by atoms with E-state index < -0.39 is 0 Å². The second-order valence-corrected chi connectivity index (χ2v) is 5.89. The maximum absolute atomic E-state index is 5.56. The van der Waals surface area contributed by atoms with Crippen LogP contribution >= 0.6 is 0 Å². The van der Waals surface area contributed by atoms with Crippen LogP contribution in [0, 0.1) is 19.3 Å². The molecule has 0 aliphatic carbocycles. The van der Waals surface area contributed by atoms with Crippen molar-refractivity contribution in [3.8, 4) is 12.3 Å². The molecule has 2 atom stereocenters. The average molecular weight is 275 g/mol. The number of rotatable bonds is 2. The number of hydrogen-bond acceptors (Lipinski definition) is 1. The fourth-order valence-electron chi connectivity index (χ4n) is 3.48. The molecule has 0 N–H and O–H groups in total. The first-order chi connectivity index (χ1) is 10.2. The summed E-state index contributed by atoms with van der Waals surface area (Å²) in [7, 11) is 0. The molecule has 1 nitrogen and oxygen atoms in total. The van der Waals surface area contributed by atoms with Crippen LogP contribution in [0.5, 0.6) is 0 Å². The Balaban J connectivity index is 2.15. The van der Waals surface area contributed by atoms with Crippen LogP contribution in [-0.4, -0.2) is 6.04 Å². The molecule has 1 heterocycles. The van der Waals surface area contributed by atoms with Crippen molar-refractivity contribution in [2.75, 3.05) is 4.90 Å².